The highest BCUT2D eigenvalue weighted by atomic mass is 16.5. The second kappa shape index (κ2) is 5.19. The summed E-state index contributed by atoms with van der Waals surface area (Å²) in [6.45, 7) is 0. The number of hydrogen-bond acceptors (Lipinski definition) is 3. The molecule has 2 saturated carbocycles. The summed E-state index contributed by atoms with van der Waals surface area (Å²) in [5, 5.41) is 0. The lowest BCUT2D eigenvalue weighted by molar-refractivity contribution is 0.0664. The third kappa shape index (κ3) is 2.57. The Morgan fingerprint density at radius 3 is 2.42 bits per heavy atom. The molecular formula is C15H20N2O2. The topological polar surface area (TPSA) is 42.4 Å². The molecule has 1 amide bonds. The van der Waals surface area contributed by atoms with Crippen LogP contribution in [0.4, 0.5) is 0 Å². The molecule has 0 bridgehead atoms. The van der Waals surface area contributed by atoms with Crippen LogP contribution in [0.3, 0.4) is 0 Å². The summed E-state index contributed by atoms with van der Waals surface area (Å²) in [6, 6.07) is 4.49. The summed E-state index contributed by atoms with van der Waals surface area (Å²) < 4.78 is 5.03. The molecular weight excluding hydrogens is 240 g/mol. The molecule has 0 aliphatic heterocycles. The van der Waals surface area contributed by atoms with Crippen molar-refractivity contribution in [3.8, 4) is 5.88 Å². The van der Waals surface area contributed by atoms with Gasteiger partial charge in [0.2, 0.25) is 5.88 Å². The first kappa shape index (κ1) is 12.5. The maximum atomic E-state index is 12.7. The number of aromatic nitrogens is 1. The second-order valence-electron chi connectivity index (χ2n) is 5.47. The van der Waals surface area contributed by atoms with Gasteiger partial charge in [-0.25, -0.2) is 4.98 Å². The van der Waals surface area contributed by atoms with Gasteiger partial charge in [0, 0.05) is 24.3 Å². The standard InChI is InChI=1S/C15H20N2O2/c1-19-14-9-6-11(10-16-14)15(18)17(13-7-8-13)12-4-2-3-5-12/h6,9-10,12-13H,2-5,7-8H2,1H3. The number of hydrogen-bond donors (Lipinski definition) is 0. The third-order valence-corrected chi connectivity index (χ3v) is 4.09. The minimum atomic E-state index is 0.143. The zero-order chi connectivity index (χ0) is 13.2. The zero-order valence-corrected chi connectivity index (χ0v) is 11.3. The van der Waals surface area contributed by atoms with E-state index in [1.807, 2.05) is 6.07 Å². The minimum Gasteiger partial charge on any atom is -0.481 e. The maximum Gasteiger partial charge on any atom is 0.255 e. The predicted octanol–water partition coefficient (Wildman–Crippen LogP) is 2.64. The lowest BCUT2D eigenvalue weighted by Gasteiger charge is -2.29. The van der Waals surface area contributed by atoms with Gasteiger partial charge in [0.25, 0.3) is 5.91 Å². The molecule has 0 radical (unpaired) electrons. The molecule has 4 heteroatoms. The molecule has 0 atom stereocenters. The van der Waals surface area contributed by atoms with Crippen LogP contribution in [0.5, 0.6) is 5.88 Å². The molecule has 2 aliphatic rings. The van der Waals surface area contributed by atoms with Gasteiger partial charge in [0.05, 0.1) is 12.7 Å². The predicted molar refractivity (Wildman–Crippen MR) is 72.2 cm³/mol. The summed E-state index contributed by atoms with van der Waals surface area (Å²) >= 11 is 0. The Morgan fingerprint density at radius 1 is 1.21 bits per heavy atom. The van der Waals surface area contributed by atoms with Crippen LogP contribution in [0.1, 0.15) is 48.9 Å². The van der Waals surface area contributed by atoms with Crippen LogP contribution in [0.15, 0.2) is 18.3 Å². The maximum absolute atomic E-state index is 12.7. The average molecular weight is 260 g/mol. The highest BCUT2D eigenvalue weighted by molar-refractivity contribution is 5.94. The van der Waals surface area contributed by atoms with Crippen LogP contribution in [-0.2, 0) is 0 Å². The molecule has 1 aromatic rings. The van der Waals surface area contributed by atoms with Gasteiger partial charge in [-0.15, -0.1) is 0 Å². The van der Waals surface area contributed by atoms with Gasteiger partial charge >= 0.3 is 0 Å². The van der Waals surface area contributed by atoms with Crippen molar-refractivity contribution in [1.82, 2.24) is 9.88 Å². The summed E-state index contributed by atoms with van der Waals surface area (Å²) in [5.41, 5.74) is 0.680. The molecule has 1 heterocycles. The molecule has 0 aromatic carbocycles. The quantitative estimate of drug-likeness (QED) is 0.835. The second-order valence-corrected chi connectivity index (χ2v) is 5.47. The number of amides is 1. The zero-order valence-electron chi connectivity index (χ0n) is 11.3. The molecule has 3 rings (SSSR count). The molecule has 1 aromatic heterocycles. The third-order valence-electron chi connectivity index (χ3n) is 4.09. The van der Waals surface area contributed by atoms with Crippen molar-refractivity contribution in [2.24, 2.45) is 0 Å². The number of carbonyl (C=O) groups is 1. The van der Waals surface area contributed by atoms with Crippen LogP contribution >= 0.6 is 0 Å². The Balaban J connectivity index is 1.78. The fraction of sp³-hybridized carbons (Fsp3) is 0.600. The van der Waals surface area contributed by atoms with Crippen molar-refractivity contribution in [2.45, 2.75) is 50.6 Å². The van der Waals surface area contributed by atoms with Crippen molar-refractivity contribution in [3.63, 3.8) is 0 Å². The van der Waals surface area contributed by atoms with E-state index in [0.29, 0.717) is 23.5 Å². The van der Waals surface area contributed by atoms with E-state index < -0.39 is 0 Å². The number of carbonyl (C=O) groups excluding carboxylic acids is 1. The van der Waals surface area contributed by atoms with Crippen molar-refractivity contribution in [3.05, 3.63) is 23.9 Å². The first-order valence-corrected chi connectivity index (χ1v) is 7.12. The largest absolute Gasteiger partial charge is 0.481 e. The molecule has 2 fully saturated rings. The van der Waals surface area contributed by atoms with E-state index in [1.165, 1.54) is 12.8 Å². The lowest BCUT2D eigenvalue weighted by Crippen LogP contribution is -2.40. The number of methoxy groups -OCH3 is 1. The molecule has 19 heavy (non-hydrogen) atoms. The van der Waals surface area contributed by atoms with Crippen molar-refractivity contribution in [1.29, 1.82) is 0 Å². The Hall–Kier alpha value is -1.58. The molecule has 0 saturated heterocycles. The van der Waals surface area contributed by atoms with Crippen molar-refractivity contribution < 1.29 is 9.53 Å². The summed E-state index contributed by atoms with van der Waals surface area (Å²) in [6.07, 6.45) is 8.77. The summed E-state index contributed by atoms with van der Waals surface area (Å²) in [5.74, 6) is 0.694. The van der Waals surface area contributed by atoms with Gasteiger partial charge in [-0.05, 0) is 31.7 Å². The van der Waals surface area contributed by atoms with Crippen LogP contribution < -0.4 is 4.74 Å². The van der Waals surface area contributed by atoms with E-state index in [4.69, 9.17) is 4.74 Å². The number of ether oxygens (including phenoxy) is 1. The molecule has 0 unspecified atom stereocenters. The molecule has 0 spiro atoms. The Morgan fingerprint density at radius 2 is 1.89 bits per heavy atom. The van der Waals surface area contributed by atoms with Crippen LogP contribution in [0, 0.1) is 0 Å². The molecule has 4 nitrogen and oxygen atoms in total. The lowest BCUT2D eigenvalue weighted by atomic mass is 10.1. The van der Waals surface area contributed by atoms with E-state index in [1.54, 1.807) is 19.4 Å². The SMILES string of the molecule is COc1ccc(C(=O)N(C2CCCC2)C2CC2)cn1. The van der Waals surface area contributed by atoms with Gasteiger partial charge in [0.1, 0.15) is 0 Å². The van der Waals surface area contributed by atoms with Crippen molar-refractivity contribution >= 4 is 5.91 Å². The Bertz CT molecular complexity index is 448. The first-order chi connectivity index (χ1) is 9.29. The smallest absolute Gasteiger partial charge is 0.255 e. The Kier molecular flexibility index (Phi) is 3.40. The minimum absolute atomic E-state index is 0.143. The van der Waals surface area contributed by atoms with Gasteiger partial charge in [0.15, 0.2) is 0 Å². The first-order valence-electron chi connectivity index (χ1n) is 7.12. The highest BCUT2D eigenvalue weighted by Crippen LogP contribution is 2.35. The number of nitrogens with zero attached hydrogens (tertiary/aromatic N) is 2. The van der Waals surface area contributed by atoms with Crippen molar-refractivity contribution in [2.75, 3.05) is 7.11 Å². The fourth-order valence-electron chi connectivity index (χ4n) is 2.94. The van der Waals surface area contributed by atoms with Crippen LogP contribution in [0.2, 0.25) is 0 Å². The highest BCUT2D eigenvalue weighted by Gasteiger charge is 2.38. The van der Waals surface area contributed by atoms with Gasteiger partial charge < -0.3 is 9.64 Å². The van der Waals surface area contributed by atoms with E-state index in [0.717, 1.165) is 25.7 Å². The van der Waals surface area contributed by atoms with E-state index in [9.17, 15) is 4.79 Å². The monoisotopic (exact) mass is 260 g/mol. The normalized spacial score (nSPS) is 19.4. The van der Waals surface area contributed by atoms with Gasteiger partial charge in [-0.3, -0.25) is 4.79 Å². The number of rotatable bonds is 4. The fourth-order valence-corrected chi connectivity index (χ4v) is 2.94. The molecule has 2 aliphatic carbocycles. The average Bonchev–Trinajstić information content (AvgIpc) is 3.13. The molecule has 0 N–H and O–H groups in total. The van der Waals surface area contributed by atoms with Gasteiger partial charge in [-0.2, -0.15) is 0 Å². The Labute approximate surface area is 113 Å². The number of pyridine rings is 1. The summed E-state index contributed by atoms with van der Waals surface area (Å²) in [4.78, 5) is 18.9. The summed E-state index contributed by atoms with van der Waals surface area (Å²) in [7, 11) is 1.58. The van der Waals surface area contributed by atoms with Crippen LogP contribution in [-0.4, -0.2) is 35.0 Å². The van der Waals surface area contributed by atoms with E-state index in [-0.39, 0.29) is 5.91 Å². The molecule has 102 valence electrons. The van der Waals surface area contributed by atoms with E-state index in [2.05, 4.69) is 9.88 Å². The van der Waals surface area contributed by atoms with E-state index >= 15 is 0 Å². The van der Waals surface area contributed by atoms with Crippen LogP contribution in [0.25, 0.3) is 0 Å². The van der Waals surface area contributed by atoms with Gasteiger partial charge in [-0.1, -0.05) is 12.8 Å².